The van der Waals surface area contributed by atoms with Crippen molar-refractivity contribution in [3.8, 4) is 0 Å². The number of thiazole rings is 1. The summed E-state index contributed by atoms with van der Waals surface area (Å²) in [5, 5.41) is 7.14. The van der Waals surface area contributed by atoms with Crippen LogP contribution < -0.4 is 10.6 Å². The largest absolute Gasteiger partial charge is 0.317 e. The molecule has 2 aliphatic rings. The van der Waals surface area contributed by atoms with Crippen molar-refractivity contribution in [1.82, 2.24) is 10.3 Å². The summed E-state index contributed by atoms with van der Waals surface area (Å²) in [7, 11) is 0. The van der Waals surface area contributed by atoms with E-state index in [0.717, 1.165) is 43.9 Å². The van der Waals surface area contributed by atoms with Gasteiger partial charge in [-0.05, 0) is 43.3 Å². The monoisotopic (exact) mass is 363 g/mol. The van der Waals surface area contributed by atoms with Crippen LogP contribution in [0.1, 0.15) is 29.7 Å². The minimum Gasteiger partial charge on any atom is -0.317 e. The maximum Gasteiger partial charge on any atom is 0.229 e. The third kappa shape index (κ3) is 3.63. The Bertz CT molecular complexity index is 697. The second-order valence-electron chi connectivity index (χ2n) is 6.65. The number of amides is 1. The zero-order valence-electron chi connectivity index (χ0n) is 13.5. The van der Waals surface area contributed by atoms with Crippen LogP contribution in [0.3, 0.4) is 0 Å². The Morgan fingerprint density at radius 3 is 2.79 bits per heavy atom. The number of hydrogen-bond acceptors (Lipinski definition) is 4. The third-order valence-corrected chi connectivity index (χ3v) is 6.02. The fourth-order valence-electron chi connectivity index (χ4n) is 3.63. The van der Waals surface area contributed by atoms with Crippen LogP contribution in [-0.4, -0.2) is 24.0 Å². The third-order valence-electron chi connectivity index (χ3n) is 5.11. The summed E-state index contributed by atoms with van der Waals surface area (Å²) in [6, 6.07) is 10.3. The van der Waals surface area contributed by atoms with Gasteiger partial charge in [-0.25, -0.2) is 4.98 Å². The van der Waals surface area contributed by atoms with Gasteiger partial charge in [-0.2, -0.15) is 0 Å². The van der Waals surface area contributed by atoms with Crippen LogP contribution >= 0.6 is 23.7 Å². The van der Waals surface area contributed by atoms with Crippen molar-refractivity contribution in [3.05, 3.63) is 47.0 Å². The van der Waals surface area contributed by atoms with Crippen LogP contribution in [0.25, 0.3) is 0 Å². The SMILES string of the molecule is Cl.O=C(Nc1ncc(Cc2ccccc2)s1)C1CC12CCNCC2. The van der Waals surface area contributed by atoms with E-state index in [0.29, 0.717) is 0 Å². The van der Waals surface area contributed by atoms with Crippen molar-refractivity contribution in [2.24, 2.45) is 11.3 Å². The molecule has 1 aromatic carbocycles. The Kier molecular flexibility index (Phi) is 5.23. The summed E-state index contributed by atoms with van der Waals surface area (Å²) in [4.78, 5) is 18.0. The minimum absolute atomic E-state index is 0. The van der Waals surface area contributed by atoms with Gasteiger partial charge in [0.25, 0.3) is 0 Å². The molecule has 6 heteroatoms. The molecule has 0 bridgehead atoms. The van der Waals surface area contributed by atoms with Gasteiger partial charge in [-0.1, -0.05) is 30.3 Å². The van der Waals surface area contributed by atoms with E-state index in [1.807, 2.05) is 24.4 Å². The van der Waals surface area contributed by atoms with E-state index in [1.54, 1.807) is 11.3 Å². The molecule has 1 atom stereocenters. The van der Waals surface area contributed by atoms with Gasteiger partial charge in [0.15, 0.2) is 5.13 Å². The Labute approximate surface area is 152 Å². The Hall–Kier alpha value is -1.43. The van der Waals surface area contributed by atoms with E-state index in [1.165, 1.54) is 10.4 Å². The highest BCUT2D eigenvalue weighted by Gasteiger charge is 2.57. The number of halogens is 1. The molecule has 0 radical (unpaired) electrons. The highest BCUT2D eigenvalue weighted by atomic mass is 35.5. The number of anilines is 1. The van der Waals surface area contributed by atoms with E-state index in [4.69, 9.17) is 0 Å². The van der Waals surface area contributed by atoms with Crippen LogP contribution in [0.5, 0.6) is 0 Å². The molecule has 1 spiro atoms. The molecule has 1 aliphatic heterocycles. The summed E-state index contributed by atoms with van der Waals surface area (Å²) in [6.07, 6.45) is 6.04. The average molecular weight is 364 g/mol. The summed E-state index contributed by atoms with van der Waals surface area (Å²) >= 11 is 1.58. The molecule has 2 fully saturated rings. The number of piperidine rings is 1. The number of rotatable bonds is 4. The van der Waals surface area contributed by atoms with Gasteiger partial charge >= 0.3 is 0 Å². The molecule has 1 amide bonds. The lowest BCUT2D eigenvalue weighted by Crippen LogP contribution is -2.31. The molecule has 2 aromatic rings. The lowest BCUT2D eigenvalue weighted by Gasteiger charge is -2.22. The first-order chi connectivity index (χ1) is 11.3. The maximum atomic E-state index is 12.5. The normalized spacial score (nSPS) is 21.1. The lowest BCUT2D eigenvalue weighted by atomic mass is 9.92. The first kappa shape index (κ1) is 17.4. The van der Waals surface area contributed by atoms with E-state index < -0.39 is 0 Å². The molecule has 128 valence electrons. The van der Waals surface area contributed by atoms with Crippen molar-refractivity contribution >= 4 is 34.8 Å². The number of carbonyl (C=O) groups is 1. The second kappa shape index (κ2) is 7.21. The number of benzene rings is 1. The van der Waals surface area contributed by atoms with Gasteiger partial charge in [0.1, 0.15) is 0 Å². The van der Waals surface area contributed by atoms with Crippen LogP contribution in [0.4, 0.5) is 5.13 Å². The standard InChI is InChI=1S/C18H21N3OS.ClH/c22-16(15-11-18(15)6-8-19-9-7-18)21-17-20-12-14(23-17)10-13-4-2-1-3-5-13;/h1-5,12,15,19H,6-11H2,(H,20,21,22);1H. The molecule has 24 heavy (non-hydrogen) atoms. The zero-order chi connectivity index (χ0) is 15.7. The smallest absolute Gasteiger partial charge is 0.229 e. The molecule has 2 N–H and O–H groups in total. The molecule has 4 rings (SSSR count). The van der Waals surface area contributed by atoms with Gasteiger partial charge in [-0.3, -0.25) is 4.79 Å². The summed E-state index contributed by atoms with van der Waals surface area (Å²) in [5.41, 5.74) is 1.55. The number of nitrogens with one attached hydrogen (secondary N) is 2. The summed E-state index contributed by atoms with van der Waals surface area (Å²) in [6.45, 7) is 2.09. The molecule has 4 nitrogen and oxygen atoms in total. The summed E-state index contributed by atoms with van der Waals surface area (Å²) in [5.74, 6) is 0.346. The highest BCUT2D eigenvalue weighted by molar-refractivity contribution is 7.15. The second-order valence-corrected chi connectivity index (χ2v) is 7.77. The van der Waals surface area contributed by atoms with Crippen LogP contribution in [0.15, 0.2) is 36.5 Å². The molecule has 1 saturated heterocycles. The van der Waals surface area contributed by atoms with Crippen molar-refractivity contribution in [1.29, 1.82) is 0 Å². The number of aromatic nitrogens is 1. The Morgan fingerprint density at radius 2 is 2.04 bits per heavy atom. The van der Waals surface area contributed by atoms with Crippen LogP contribution in [-0.2, 0) is 11.2 Å². The Morgan fingerprint density at radius 1 is 1.29 bits per heavy atom. The van der Waals surface area contributed by atoms with E-state index in [2.05, 4.69) is 27.8 Å². The van der Waals surface area contributed by atoms with E-state index >= 15 is 0 Å². The maximum absolute atomic E-state index is 12.5. The quantitative estimate of drug-likeness (QED) is 0.874. The summed E-state index contributed by atoms with van der Waals surface area (Å²) < 4.78 is 0. The van der Waals surface area contributed by atoms with Crippen molar-refractivity contribution in [3.63, 3.8) is 0 Å². The van der Waals surface area contributed by atoms with Crippen LogP contribution in [0.2, 0.25) is 0 Å². The van der Waals surface area contributed by atoms with E-state index in [-0.39, 0.29) is 29.6 Å². The van der Waals surface area contributed by atoms with Crippen LogP contribution in [0, 0.1) is 11.3 Å². The molecule has 1 saturated carbocycles. The molecule has 1 unspecified atom stereocenters. The highest BCUT2D eigenvalue weighted by Crippen LogP contribution is 2.58. The van der Waals surface area contributed by atoms with Crippen molar-refractivity contribution in [2.75, 3.05) is 18.4 Å². The number of carbonyl (C=O) groups excluding carboxylic acids is 1. The predicted octanol–water partition coefficient (Wildman–Crippen LogP) is 3.48. The minimum atomic E-state index is 0. The Balaban J connectivity index is 0.00000169. The molecular formula is C18H22ClN3OS. The molecular weight excluding hydrogens is 342 g/mol. The van der Waals surface area contributed by atoms with Gasteiger partial charge in [0.05, 0.1) is 0 Å². The van der Waals surface area contributed by atoms with E-state index in [9.17, 15) is 4.79 Å². The average Bonchev–Trinajstić information content (AvgIpc) is 3.08. The first-order valence-corrected chi connectivity index (χ1v) is 9.07. The number of hydrogen-bond donors (Lipinski definition) is 2. The predicted molar refractivity (Wildman–Crippen MR) is 99.9 cm³/mol. The van der Waals surface area contributed by atoms with Gasteiger partial charge in [0, 0.05) is 23.4 Å². The molecule has 2 heterocycles. The molecule has 1 aliphatic carbocycles. The molecule has 1 aromatic heterocycles. The van der Waals surface area contributed by atoms with Crippen molar-refractivity contribution < 1.29 is 4.79 Å². The fourth-order valence-corrected chi connectivity index (χ4v) is 4.48. The number of nitrogens with zero attached hydrogens (tertiary/aromatic N) is 1. The van der Waals surface area contributed by atoms with Gasteiger partial charge in [-0.15, -0.1) is 23.7 Å². The van der Waals surface area contributed by atoms with Gasteiger partial charge < -0.3 is 10.6 Å². The first-order valence-electron chi connectivity index (χ1n) is 8.25. The topological polar surface area (TPSA) is 54.0 Å². The fraction of sp³-hybridized carbons (Fsp3) is 0.444. The van der Waals surface area contributed by atoms with Crippen molar-refractivity contribution in [2.45, 2.75) is 25.7 Å². The van der Waals surface area contributed by atoms with Gasteiger partial charge in [0.2, 0.25) is 5.91 Å². The zero-order valence-corrected chi connectivity index (χ0v) is 15.1. The lowest BCUT2D eigenvalue weighted by molar-refractivity contribution is -0.118.